The van der Waals surface area contributed by atoms with Crippen molar-refractivity contribution in [2.45, 2.75) is 37.8 Å². The highest BCUT2D eigenvalue weighted by Gasteiger charge is 2.26. The molecule has 0 spiro atoms. The first-order valence-electron chi connectivity index (χ1n) is 4.88. The molecule has 4 nitrogen and oxygen atoms in total. The number of rotatable bonds is 4. The summed E-state index contributed by atoms with van der Waals surface area (Å²) in [5, 5.41) is 3.65. The molecule has 0 aromatic carbocycles. The number of ether oxygens (including phenoxy) is 2. The maximum atomic E-state index is 10.8. The van der Waals surface area contributed by atoms with E-state index in [1.807, 2.05) is 0 Å². The Hall–Kier alpha value is -0.420. The quantitative estimate of drug-likeness (QED) is 0.732. The van der Waals surface area contributed by atoms with Crippen molar-refractivity contribution in [3.05, 3.63) is 0 Å². The smallest absolute Gasteiger partial charge is 0.438 e. The van der Waals surface area contributed by atoms with E-state index in [4.69, 9.17) is 4.74 Å². The first-order chi connectivity index (χ1) is 6.76. The number of carbonyl (C=O) groups is 1. The summed E-state index contributed by atoms with van der Waals surface area (Å²) >= 11 is 1.80. The van der Waals surface area contributed by atoms with E-state index in [0.717, 1.165) is 12.2 Å². The van der Waals surface area contributed by atoms with Gasteiger partial charge in [-0.1, -0.05) is 19.8 Å². The van der Waals surface area contributed by atoms with Gasteiger partial charge in [0.25, 0.3) is 0 Å². The van der Waals surface area contributed by atoms with E-state index in [1.54, 1.807) is 11.8 Å². The SMILES string of the molecule is CCCCC1NC(OC(=O)OC)CS1. The lowest BCUT2D eigenvalue weighted by molar-refractivity contribution is 0.0349. The van der Waals surface area contributed by atoms with Gasteiger partial charge in [-0.25, -0.2) is 4.79 Å². The molecule has 1 aliphatic heterocycles. The average molecular weight is 219 g/mol. The number of methoxy groups -OCH3 is 1. The van der Waals surface area contributed by atoms with Crippen LogP contribution in [0.1, 0.15) is 26.2 Å². The molecule has 1 aliphatic rings. The number of hydrogen-bond acceptors (Lipinski definition) is 5. The molecule has 0 radical (unpaired) electrons. The van der Waals surface area contributed by atoms with Crippen LogP contribution in [0, 0.1) is 0 Å². The lowest BCUT2D eigenvalue weighted by atomic mass is 10.2. The zero-order chi connectivity index (χ0) is 10.4. The van der Waals surface area contributed by atoms with Gasteiger partial charge in [-0.2, -0.15) is 0 Å². The van der Waals surface area contributed by atoms with Crippen molar-refractivity contribution in [1.82, 2.24) is 5.32 Å². The summed E-state index contributed by atoms with van der Waals surface area (Å²) in [5.74, 6) is 0.809. The lowest BCUT2D eigenvalue weighted by Crippen LogP contribution is -2.34. The van der Waals surface area contributed by atoms with E-state index in [9.17, 15) is 4.79 Å². The van der Waals surface area contributed by atoms with E-state index in [0.29, 0.717) is 5.37 Å². The summed E-state index contributed by atoms with van der Waals surface area (Å²) in [6.07, 6.45) is 2.73. The third-order valence-corrected chi connectivity index (χ3v) is 3.31. The van der Waals surface area contributed by atoms with Crippen molar-refractivity contribution in [3.63, 3.8) is 0 Å². The van der Waals surface area contributed by atoms with Gasteiger partial charge >= 0.3 is 6.16 Å². The molecule has 1 N–H and O–H groups in total. The molecule has 2 atom stereocenters. The standard InChI is InChI=1S/C9H17NO3S/c1-3-4-5-8-10-7(6-14-8)13-9(11)12-2/h7-8,10H,3-6H2,1-2H3. The minimum atomic E-state index is -0.612. The third-order valence-electron chi connectivity index (χ3n) is 2.05. The molecule has 1 saturated heterocycles. The molecule has 0 bridgehead atoms. The highest BCUT2D eigenvalue weighted by Crippen LogP contribution is 2.23. The molecule has 5 heteroatoms. The summed E-state index contributed by atoms with van der Waals surface area (Å²) in [6.45, 7) is 2.17. The maximum absolute atomic E-state index is 10.8. The van der Waals surface area contributed by atoms with Crippen LogP contribution < -0.4 is 5.32 Å². The second-order valence-corrected chi connectivity index (χ2v) is 4.43. The minimum absolute atomic E-state index is 0.186. The topological polar surface area (TPSA) is 47.6 Å². The largest absolute Gasteiger partial charge is 0.509 e. The number of carbonyl (C=O) groups excluding carboxylic acids is 1. The van der Waals surface area contributed by atoms with Crippen LogP contribution in [0.25, 0.3) is 0 Å². The van der Waals surface area contributed by atoms with Gasteiger partial charge in [0.1, 0.15) is 0 Å². The van der Waals surface area contributed by atoms with Gasteiger partial charge in [-0.3, -0.25) is 5.32 Å². The van der Waals surface area contributed by atoms with Crippen molar-refractivity contribution < 1.29 is 14.3 Å². The number of thioether (sulfide) groups is 1. The number of unbranched alkanes of at least 4 members (excludes halogenated alkanes) is 1. The van der Waals surface area contributed by atoms with E-state index in [2.05, 4.69) is 17.0 Å². The second-order valence-electron chi connectivity index (χ2n) is 3.19. The predicted octanol–water partition coefficient (Wildman–Crippen LogP) is 1.95. The highest BCUT2D eigenvalue weighted by molar-refractivity contribution is 8.00. The molecule has 1 rings (SSSR count). The molecule has 1 heterocycles. The molecule has 0 aromatic heterocycles. The lowest BCUT2D eigenvalue weighted by Gasteiger charge is -2.12. The molecule has 14 heavy (non-hydrogen) atoms. The Kier molecular flexibility index (Phi) is 5.11. The van der Waals surface area contributed by atoms with Crippen LogP contribution >= 0.6 is 11.8 Å². The Morgan fingerprint density at radius 3 is 3.07 bits per heavy atom. The Morgan fingerprint density at radius 2 is 2.43 bits per heavy atom. The normalized spacial score (nSPS) is 26.1. The second kappa shape index (κ2) is 6.14. The van der Waals surface area contributed by atoms with Crippen LogP contribution in [0.4, 0.5) is 4.79 Å². The predicted molar refractivity (Wildman–Crippen MR) is 56.2 cm³/mol. The summed E-state index contributed by atoms with van der Waals surface area (Å²) < 4.78 is 9.40. The summed E-state index contributed by atoms with van der Waals surface area (Å²) in [4.78, 5) is 10.8. The minimum Gasteiger partial charge on any atom is -0.438 e. The highest BCUT2D eigenvalue weighted by atomic mass is 32.2. The molecule has 82 valence electrons. The van der Waals surface area contributed by atoms with Crippen molar-refractivity contribution in [3.8, 4) is 0 Å². The van der Waals surface area contributed by atoms with Gasteiger partial charge < -0.3 is 9.47 Å². The van der Waals surface area contributed by atoms with Crippen molar-refractivity contribution in [2.24, 2.45) is 0 Å². The zero-order valence-corrected chi connectivity index (χ0v) is 9.43. The van der Waals surface area contributed by atoms with Crippen LogP contribution in [0.2, 0.25) is 0 Å². The van der Waals surface area contributed by atoms with Gasteiger partial charge in [-0.05, 0) is 6.42 Å². The average Bonchev–Trinajstić information content (AvgIpc) is 2.62. The summed E-state index contributed by atoms with van der Waals surface area (Å²) in [5.41, 5.74) is 0. The van der Waals surface area contributed by atoms with Crippen molar-refractivity contribution >= 4 is 17.9 Å². The van der Waals surface area contributed by atoms with Crippen molar-refractivity contribution in [1.29, 1.82) is 0 Å². The molecule has 0 aliphatic carbocycles. The monoisotopic (exact) mass is 219 g/mol. The van der Waals surface area contributed by atoms with Crippen LogP contribution in [-0.4, -0.2) is 30.6 Å². The van der Waals surface area contributed by atoms with Crippen molar-refractivity contribution in [2.75, 3.05) is 12.9 Å². The third kappa shape index (κ3) is 3.75. The molecule has 0 aromatic rings. The van der Waals surface area contributed by atoms with E-state index < -0.39 is 6.16 Å². The maximum Gasteiger partial charge on any atom is 0.509 e. The van der Waals surface area contributed by atoms with Crippen LogP contribution in [0.15, 0.2) is 0 Å². The van der Waals surface area contributed by atoms with Crippen LogP contribution in [0.5, 0.6) is 0 Å². The fraction of sp³-hybridized carbons (Fsp3) is 0.889. The Labute approximate surface area is 88.7 Å². The summed E-state index contributed by atoms with van der Waals surface area (Å²) in [7, 11) is 1.32. The zero-order valence-electron chi connectivity index (χ0n) is 8.62. The van der Waals surface area contributed by atoms with Gasteiger partial charge in [0.2, 0.25) is 0 Å². The number of hydrogen-bond donors (Lipinski definition) is 1. The first kappa shape index (κ1) is 11.7. The Bertz CT molecular complexity index is 189. The van der Waals surface area contributed by atoms with Crippen LogP contribution in [-0.2, 0) is 9.47 Å². The molecular formula is C9H17NO3S. The van der Waals surface area contributed by atoms with E-state index in [-0.39, 0.29) is 6.23 Å². The molecular weight excluding hydrogens is 202 g/mol. The van der Waals surface area contributed by atoms with Gasteiger partial charge in [0, 0.05) is 5.75 Å². The van der Waals surface area contributed by atoms with Gasteiger partial charge in [-0.15, -0.1) is 11.8 Å². The molecule has 0 amide bonds. The first-order valence-corrected chi connectivity index (χ1v) is 5.93. The van der Waals surface area contributed by atoms with Gasteiger partial charge in [0.05, 0.1) is 12.5 Å². The molecule has 0 saturated carbocycles. The Morgan fingerprint density at radius 1 is 1.64 bits per heavy atom. The number of nitrogens with one attached hydrogen (secondary N) is 1. The molecule has 1 fully saturated rings. The Balaban J connectivity index is 2.17. The van der Waals surface area contributed by atoms with E-state index >= 15 is 0 Å². The summed E-state index contributed by atoms with van der Waals surface area (Å²) in [6, 6.07) is 0. The van der Waals surface area contributed by atoms with Crippen LogP contribution in [0.3, 0.4) is 0 Å². The molecule has 2 unspecified atom stereocenters. The van der Waals surface area contributed by atoms with E-state index in [1.165, 1.54) is 20.0 Å². The fourth-order valence-electron chi connectivity index (χ4n) is 1.30. The van der Waals surface area contributed by atoms with Gasteiger partial charge in [0.15, 0.2) is 6.23 Å². The fourth-order valence-corrected chi connectivity index (χ4v) is 2.45.